The van der Waals surface area contributed by atoms with Gasteiger partial charge in [0.15, 0.2) is 11.5 Å². The summed E-state index contributed by atoms with van der Waals surface area (Å²) >= 11 is 1.60. The van der Waals surface area contributed by atoms with Gasteiger partial charge in [0.2, 0.25) is 5.91 Å². The molecular weight excluding hydrogens is 410 g/mol. The SMILES string of the molecule is COc1cccc(/C=C/C(=O)N2CCCC2c2nc3ccccc3s2)c1OC(F)F. The van der Waals surface area contributed by atoms with Crippen LogP contribution in [-0.2, 0) is 4.79 Å². The van der Waals surface area contributed by atoms with Crippen LogP contribution in [0.15, 0.2) is 48.5 Å². The fourth-order valence-corrected chi connectivity index (χ4v) is 4.73. The van der Waals surface area contributed by atoms with Gasteiger partial charge in [-0.3, -0.25) is 4.79 Å². The monoisotopic (exact) mass is 430 g/mol. The number of alkyl halides is 2. The Bertz CT molecular complexity index is 1050. The highest BCUT2D eigenvalue weighted by Gasteiger charge is 2.31. The molecule has 0 radical (unpaired) electrons. The summed E-state index contributed by atoms with van der Waals surface area (Å²) < 4.78 is 36.4. The maximum Gasteiger partial charge on any atom is 0.387 e. The second-order valence-electron chi connectivity index (χ2n) is 6.80. The zero-order valence-electron chi connectivity index (χ0n) is 16.3. The van der Waals surface area contributed by atoms with Gasteiger partial charge >= 0.3 is 6.61 Å². The van der Waals surface area contributed by atoms with Crippen LogP contribution in [0, 0.1) is 0 Å². The third kappa shape index (κ3) is 4.14. The molecular formula is C22H20F2N2O3S. The van der Waals surface area contributed by atoms with Crippen molar-refractivity contribution < 1.29 is 23.0 Å². The van der Waals surface area contributed by atoms with E-state index in [9.17, 15) is 13.6 Å². The first-order valence-corrected chi connectivity index (χ1v) is 10.3. The first kappa shape index (κ1) is 20.3. The van der Waals surface area contributed by atoms with Gasteiger partial charge in [-0.15, -0.1) is 11.3 Å². The number of halogens is 2. The van der Waals surface area contributed by atoms with Crippen LogP contribution in [0.5, 0.6) is 11.5 Å². The molecule has 0 saturated carbocycles. The molecule has 1 aliphatic heterocycles. The van der Waals surface area contributed by atoms with Crippen LogP contribution in [0.4, 0.5) is 8.78 Å². The molecule has 1 aromatic heterocycles. The largest absolute Gasteiger partial charge is 0.493 e. The molecule has 1 fully saturated rings. The van der Waals surface area contributed by atoms with E-state index in [1.165, 1.54) is 25.3 Å². The topological polar surface area (TPSA) is 51.7 Å². The molecule has 1 aliphatic rings. The van der Waals surface area contributed by atoms with Crippen LogP contribution in [-0.4, -0.2) is 36.1 Å². The Morgan fingerprint density at radius 3 is 2.87 bits per heavy atom. The van der Waals surface area contributed by atoms with Crippen LogP contribution in [0.2, 0.25) is 0 Å². The average molecular weight is 430 g/mol. The first-order valence-electron chi connectivity index (χ1n) is 9.53. The number of fused-ring (bicyclic) bond motifs is 1. The Hall–Kier alpha value is -3.00. The second-order valence-corrected chi connectivity index (χ2v) is 7.86. The number of amides is 1. The predicted octanol–water partition coefficient (Wildman–Crippen LogP) is 5.28. The lowest BCUT2D eigenvalue weighted by Crippen LogP contribution is -2.28. The van der Waals surface area contributed by atoms with Crippen molar-refractivity contribution >= 4 is 33.5 Å². The molecule has 4 rings (SSSR count). The third-order valence-corrected chi connectivity index (χ3v) is 6.11. The van der Waals surface area contributed by atoms with E-state index in [1.54, 1.807) is 28.4 Å². The van der Waals surface area contributed by atoms with Gasteiger partial charge in [0.05, 0.1) is 23.4 Å². The molecule has 0 N–H and O–H groups in total. The van der Waals surface area contributed by atoms with Crippen molar-refractivity contribution in [3.63, 3.8) is 0 Å². The summed E-state index contributed by atoms with van der Waals surface area (Å²) in [5.41, 5.74) is 1.27. The number of carbonyl (C=O) groups excluding carboxylic acids is 1. The number of hydrogen-bond acceptors (Lipinski definition) is 5. The van der Waals surface area contributed by atoms with Crippen molar-refractivity contribution in [2.75, 3.05) is 13.7 Å². The molecule has 1 amide bonds. The Morgan fingerprint density at radius 1 is 1.27 bits per heavy atom. The number of aromatic nitrogens is 1. The molecule has 2 aromatic carbocycles. The fraction of sp³-hybridized carbons (Fsp3) is 0.273. The summed E-state index contributed by atoms with van der Waals surface area (Å²) in [6.45, 7) is -2.37. The number of ether oxygens (including phenoxy) is 2. The molecule has 0 spiro atoms. The van der Waals surface area contributed by atoms with E-state index >= 15 is 0 Å². The lowest BCUT2D eigenvalue weighted by molar-refractivity contribution is -0.126. The number of likely N-dealkylation sites (tertiary alicyclic amines) is 1. The number of rotatable bonds is 6. The van der Waals surface area contributed by atoms with Crippen LogP contribution in [0.25, 0.3) is 16.3 Å². The van der Waals surface area contributed by atoms with Gasteiger partial charge in [-0.2, -0.15) is 8.78 Å². The van der Waals surface area contributed by atoms with Gasteiger partial charge in [-0.05, 0) is 37.1 Å². The Kier molecular flexibility index (Phi) is 5.94. The average Bonchev–Trinajstić information content (AvgIpc) is 3.39. The number of para-hydroxylation sites is 2. The minimum atomic E-state index is -2.99. The summed E-state index contributed by atoms with van der Waals surface area (Å²) in [4.78, 5) is 19.4. The standard InChI is InChI=1S/C22H20F2N2O3S/c1-28-17-9-4-6-14(20(17)29-22(23)24)11-12-19(27)26-13-5-8-16(26)21-25-15-7-2-3-10-18(15)30-21/h2-4,6-7,9-12,16,22H,5,8,13H2,1H3/b12-11+. The van der Waals surface area contributed by atoms with E-state index in [-0.39, 0.29) is 23.4 Å². The highest BCUT2D eigenvalue weighted by molar-refractivity contribution is 7.18. The van der Waals surface area contributed by atoms with Crippen molar-refractivity contribution in [2.24, 2.45) is 0 Å². The van der Waals surface area contributed by atoms with E-state index < -0.39 is 6.61 Å². The van der Waals surface area contributed by atoms with Gasteiger partial charge in [0, 0.05) is 18.2 Å². The molecule has 1 saturated heterocycles. The second kappa shape index (κ2) is 8.79. The fourth-order valence-electron chi connectivity index (χ4n) is 3.62. The van der Waals surface area contributed by atoms with Crippen molar-refractivity contribution in [3.05, 3.63) is 59.1 Å². The molecule has 30 heavy (non-hydrogen) atoms. The molecule has 3 aromatic rings. The van der Waals surface area contributed by atoms with Crippen LogP contribution < -0.4 is 9.47 Å². The summed E-state index contributed by atoms with van der Waals surface area (Å²) in [7, 11) is 1.37. The predicted molar refractivity (Wildman–Crippen MR) is 112 cm³/mol. The molecule has 0 bridgehead atoms. The lowest BCUT2D eigenvalue weighted by Gasteiger charge is -2.21. The van der Waals surface area contributed by atoms with Crippen molar-refractivity contribution in [3.8, 4) is 11.5 Å². The summed E-state index contributed by atoms with van der Waals surface area (Å²) in [6.07, 6.45) is 4.60. The smallest absolute Gasteiger partial charge is 0.387 e. The Balaban J connectivity index is 1.56. The Morgan fingerprint density at radius 2 is 2.10 bits per heavy atom. The third-order valence-electron chi connectivity index (χ3n) is 4.97. The quantitative estimate of drug-likeness (QED) is 0.499. The Labute approximate surface area is 176 Å². The van der Waals surface area contributed by atoms with Gasteiger partial charge < -0.3 is 14.4 Å². The minimum absolute atomic E-state index is 0.0818. The summed E-state index contributed by atoms with van der Waals surface area (Å²) in [5.74, 6) is -0.107. The van der Waals surface area contributed by atoms with E-state index in [1.807, 2.05) is 24.3 Å². The van der Waals surface area contributed by atoms with E-state index in [0.717, 1.165) is 28.1 Å². The highest BCUT2D eigenvalue weighted by atomic mass is 32.1. The molecule has 2 heterocycles. The van der Waals surface area contributed by atoms with Crippen LogP contribution >= 0.6 is 11.3 Å². The number of hydrogen-bond donors (Lipinski definition) is 0. The van der Waals surface area contributed by atoms with Gasteiger partial charge in [0.1, 0.15) is 5.01 Å². The van der Waals surface area contributed by atoms with Crippen LogP contribution in [0.1, 0.15) is 29.5 Å². The number of thiazole rings is 1. The number of nitrogens with zero attached hydrogens (tertiary/aromatic N) is 2. The molecule has 1 atom stereocenters. The summed E-state index contributed by atoms with van der Waals surface area (Å²) in [6, 6.07) is 12.6. The van der Waals surface area contributed by atoms with E-state index in [0.29, 0.717) is 12.1 Å². The van der Waals surface area contributed by atoms with Crippen molar-refractivity contribution in [1.29, 1.82) is 0 Å². The number of methoxy groups -OCH3 is 1. The van der Waals surface area contributed by atoms with Gasteiger partial charge in [-0.25, -0.2) is 4.98 Å². The number of carbonyl (C=O) groups is 1. The normalized spacial score (nSPS) is 16.7. The molecule has 156 valence electrons. The molecule has 8 heteroatoms. The van der Waals surface area contributed by atoms with Gasteiger partial charge in [0.25, 0.3) is 0 Å². The van der Waals surface area contributed by atoms with E-state index in [4.69, 9.17) is 9.72 Å². The van der Waals surface area contributed by atoms with E-state index in [2.05, 4.69) is 4.74 Å². The zero-order valence-corrected chi connectivity index (χ0v) is 17.1. The maximum atomic E-state index is 12.9. The summed E-state index contributed by atoms with van der Waals surface area (Å²) in [5, 5.41) is 0.915. The minimum Gasteiger partial charge on any atom is -0.493 e. The molecule has 0 aliphatic carbocycles. The van der Waals surface area contributed by atoms with Crippen molar-refractivity contribution in [2.45, 2.75) is 25.5 Å². The molecule has 5 nitrogen and oxygen atoms in total. The lowest BCUT2D eigenvalue weighted by atomic mass is 10.1. The van der Waals surface area contributed by atoms with Gasteiger partial charge in [-0.1, -0.05) is 24.3 Å². The highest BCUT2D eigenvalue weighted by Crippen LogP contribution is 2.37. The molecule has 1 unspecified atom stereocenters. The van der Waals surface area contributed by atoms with Crippen LogP contribution in [0.3, 0.4) is 0 Å². The van der Waals surface area contributed by atoms with Crippen molar-refractivity contribution in [1.82, 2.24) is 9.88 Å². The zero-order chi connectivity index (χ0) is 21.1. The number of benzene rings is 2. The first-order chi connectivity index (χ1) is 14.6. The maximum absolute atomic E-state index is 12.9.